The Bertz CT molecular complexity index is 399. The first-order valence-electron chi connectivity index (χ1n) is 8.05. The summed E-state index contributed by atoms with van der Waals surface area (Å²) in [7, 11) is 0. The molecule has 4 unspecified atom stereocenters. The lowest BCUT2D eigenvalue weighted by Crippen LogP contribution is -2.51. The van der Waals surface area contributed by atoms with Crippen LogP contribution in [0.4, 0.5) is 13.2 Å². The fourth-order valence-corrected chi connectivity index (χ4v) is 4.30. The van der Waals surface area contributed by atoms with Crippen molar-refractivity contribution in [2.75, 3.05) is 19.6 Å². The van der Waals surface area contributed by atoms with Gasteiger partial charge in [0.05, 0.1) is 5.92 Å². The van der Waals surface area contributed by atoms with Gasteiger partial charge in [0.15, 0.2) is 0 Å². The summed E-state index contributed by atoms with van der Waals surface area (Å²) in [4.78, 5) is 14.3. The van der Waals surface area contributed by atoms with Gasteiger partial charge >= 0.3 is 6.18 Å². The first-order valence-corrected chi connectivity index (χ1v) is 8.05. The average Bonchev–Trinajstić information content (AvgIpc) is 2.93. The molecule has 0 bridgehead atoms. The molecule has 3 nitrogen and oxygen atoms in total. The maximum absolute atomic E-state index is 13.2. The fourth-order valence-electron chi connectivity index (χ4n) is 4.30. The van der Waals surface area contributed by atoms with Crippen LogP contribution in [0, 0.1) is 17.8 Å². The summed E-state index contributed by atoms with van der Waals surface area (Å²) in [5.74, 6) is -2.10. The van der Waals surface area contributed by atoms with Crippen LogP contribution in [0.1, 0.15) is 38.5 Å². The van der Waals surface area contributed by atoms with Crippen molar-refractivity contribution in [2.24, 2.45) is 17.8 Å². The Hall–Kier alpha value is -0.780. The van der Waals surface area contributed by atoms with Crippen molar-refractivity contribution in [1.82, 2.24) is 10.2 Å². The van der Waals surface area contributed by atoms with E-state index in [4.69, 9.17) is 0 Å². The average molecular weight is 304 g/mol. The van der Waals surface area contributed by atoms with E-state index in [0.29, 0.717) is 37.9 Å². The summed E-state index contributed by atoms with van der Waals surface area (Å²) < 4.78 is 39.5. The van der Waals surface area contributed by atoms with Crippen molar-refractivity contribution in [3.8, 4) is 0 Å². The summed E-state index contributed by atoms with van der Waals surface area (Å²) in [5.41, 5.74) is 0. The van der Waals surface area contributed by atoms with Gasteiger partial charge in [-0.15, -0.1) is 0 Å². The summed E-state index contributed by atoms with van der Waals surface area (Å²) in [6, 6.07) is 0.457. The molecule has 3 aliphatic rings. The van der Waals surface area contributed by atoms with Crippen molar-refractivity contribution in [1.29, 1.82) is 0 Å². The Balaban J connectivity index is 1.68. The highest BCUT2D eigenvalue weighted by molar-refractivity contribution is 5.79. The molecule has 21 heavy (non-hydrogen) atoms. The minimum atomic E-state index is -4.24. The first-order chi connectivity index (χ1) is 9.97. The van der Waals surface area contributed by atoms with Gasteiger partial charge in [0.1, 0.15) is 0 Å². The molecule has 2 aliphatic heterocycles. The Kier molecular flexibility index (Phi) is 4.17. The Morgan fingerprint density at radius 3 is 2.62 bits per heavy atom. The summed E-state index contributed by atoms with van der Waals surface area (Å²) in [5, 5.41) is 3.41. The van der Waals surface area contributed by atoms with Gasteiger partial charge in [0, 0.05) is 25.0 Å². The van der Waals surface area contributed by atoms with Crippen molar-refractivity contribution < 1.29 is 18.0 Å². The van der Waals surface area contributed by atoms with Crippen LogP contribution in [0.15, 0.2) is 0 Å². The molecule has 4 atom stereocenters. The second-order valence-electron chi connectivity index (χ2n) is 6.72. The molecule has 120 valence electrons. The molecule has 1 saturated carbocycles. The van der Waals surface area contributed by atoms with Gasteiger partial charge in [-0.2, -0.15) is 13.2 Å². The van der Waals surface area contributed by atoms with Gasteiger partial charge in [-0.3, -0.25) is 4.79 Å². The van der Waals surface area contributed by atoms with Crippen LogP contribution in [-0.2, 0) is 4.79 Å². The quantitative estimate of drug-likeness (QED) is 0.807. The number of rotatable bonds is 1. The van der Waals surface area contributed by atoms with Gasteiger partial charge in [-0.25, -0.2) is 0 Å². The second-order valence-corrected chi connectivity index (χ2v) is 6.72. The number of alkyl halides is 3. The van der Waals surface area contributed by atoms with Crippen molar-refractivity contribution in [3.63, 3.8) is 0 Å². The lowest BCUT2D eigenvalue weighted by Gasteiger charge is -2.40. The smallest absolute Gasteiger partial charge is 0.342 e. The third-order valence-corrected chi connectivity index (χ3v) is 5.47. The number of piperidine rings is 1. The summed E-state index contributed by atoms with van der Waals surface area (Å²) >= 11 is 0. The van der Waals surface area contributed by atoms with Crippen LogP contribution in [-0.4, -0.2) is 42.7 Å². The maximum Gasteiger partial charge on any atom is 0.392 e. The van der Waals surface area contributed by atoms with E-state index in [9.17, 15) is 18.0 Å². The zero-order valence-electron chi connectivity index (χ0n) is 12.2. The van der Waals surface area contributed by atoms with Gasteiger partial charge < -0.3 is 10.2 Å². The molecular formula is C15H23F3N2O. The van der Waals surface area contributed by atoms with Gasteiger partial charge in [0.25, 0.3) is 0 Å². The Morgan fingerprint density at radius 1 is 1.10 bits per heavy atom. The molecule has 0 spiro atoms. The predicted molar refractivity (Wildman–Crippen MR) is 72.6 cm³/mol. The maximum atomic E-state index is 13.2. The molecule has 0 aromatic carbocycles. The highest BCUT2D eigenvalue weighted by Crippen LogP contribution is 2.42. The molecule has 6 heteroatoms. The monoisotopic (exact) mass is 304 g/mol. The second kappa shape index (κ2) is 5.78. The molecular weight excluding hydrogens is 281 g/mol. The molecule has 1 aliphatic carbocycles. The molecule has 2 heterocycles. The molecule has 3 rings (SSSR count). The lowest BCUT2D eigenvalue weighted by atomic mass is 9.77. The Labute approximate surface area is 123 Å². The highest BCUT2D eigenvalue weighted by atomic mass is 19.4. The Morgan fingerprint density at radius 2 is 1.86 bits per heavy atom. The fraction of sp³-hybridized carbons (Fsp3) is 0.933. The van der Waals surface area contributed by atoms with Crippen LogP contribution in [0.25, 0.3) is 0 Å². The lowest BCUT2D eigenvalue weighted by molar-refractivity contribution is -0.201. The number of nitrogens with zero attached hydrogens (tertiary/aromatic N) is 1. The number of nitrogens with one attached hydrogen (secondary N) is 1. The van der Waals surface area contributed by atoms with Crippen LogP contribution < -0.4 is 5.32 Å². The standard InChI is InChI=1S/C15H23F3N2O/c16-15(17,18)12-4-2-1-3-11(12)14(21)20-8-6-13-10(9-20)5-7-19-13/h10-13,19H,1-9H2. The molecule has 1 N–H and O–H groups in total. The van der Waals surface area contributed by atoms with Crippen molar-refractivity contribution in [3.05, 3.63) is 0 Å². The molecule has 0 aromatic rings. The number of likely N-dealkylation sites (tertiary alicyclic amines) is 1. The third-order valence-electron chi connectivity index (χ3n) is 5.47. The normalized spacial score (nSPS) is 37.4. The van der Waals surface area contributed by atoms with Gasteiger partial charge in [0.2, 0.25) is 5.91 Å². The first kappa shape index (κ1) is 15.1. The number of fused-ring (bicyclic) bond motifs is 1. The van der Waals surface area contributed by atoms with Crippen LogP contribution in [0.3, 0.4) is 0 Å². The van der Waals surface area contributed by atoms with E-state index in [1.807, 2.05) is 0 Å². The number of carbonyl (C=O) groups excluding carboxylic acids is 1. The van der Waals surface area contributed by atoms with Gasteiger partial charge in [-0.05, 0) is 38.1 Å². The molecule has 1 amide bonds. The van der Waals surface area contributed by atoms with E-state index in [1.54, 1.807) is 4.90 Å². The van der Waals surface area contributed by atoms with E-state index in [1.165, 1.54) is 0 Å². The number of halogens is 3. The minimum Gasteiger partial charge on any atom is -0.342 e. The zero-order valence-corrected chi connectivity index (χ0v) is 12.2. The number of hydrogen-bond acceptors (Lipinski definition) is 2. The predicted octanol–water partition coefficient (Wildman–Crippen LogP) is 2.57. The minimum absolute atomic E-state index is 0.112. The van der Waals surface area contributed by atoms with E-state index in [0.717, 1.165) is 25.8 Å². The molecule has 0 aromatic heterocycles. The highest BCUT2D eigenvalue weighted by Gasteiger charge is 2.49. The number of hydrogen-bond donors (Lipinski definition) is 1. The number of amides is 1. The third kappa shape index (κ3) is 3.05. The van der Waals surface area contributed by atoms with Crippen molar-refractivity contribution in [2.45, 2.75) is 50.7 Å². The van der Waals surface area contributed by atoms with Crippen molar-refractivity contribution >= 4 is 5.91 Å². The van der Waals surface area contributed by atoms with E-state index in [-0.39, 0.29) is 12.3 Å². The summed E-state index contributed by atoms with van der Waals surface area (Å²) in [6.07, 6.45) is -0.504. The molecule has 2 saturated heterocycles. The van der Waals surface area contributed by atoms with E-state index in [2.05, 4.69) is 5.32 Å². The van der Waals surface area contributed by atoms with Crippen LogP contribution in [0.2, 0.25) is 0 Å². The van der Waals surface area contributed by atoms with Crippen LogP contribution in [0.5, 0.6) is 0 Å². The summed E-state index contributed by atoms with van der Waals surface area (Å²) in [6.45, 7) is 2.21. The SMILES string of the molecule is O=C(C1CCCCC1C(F)(F)F)N1CCC2NCCC2C1. The van der Waals surface area contributed by atoms with Gasteiger partial charge in [-0.1, -0.05) is 12.8 Å². The van der Waals surface area contributed by atoms with E-state index < -0.39 is 18.0 Å². The number of carbonyl (C=O) groups is 1. The van der Waals surface area contributed by atoms with E-state index >= 15 is 0 Å². The largest absolute Gasteiger partial charge is 0.392 e. The van der Waals surface area contributed by atoms with Crippen LogP contribution >= 0.6 is 0 Å². The zero-order chi connectivity index (χ0) is 15.0. The molecule has 0 radical (unpaired) electrons. The molecule has 3 fully saturated rings. The topological polar surface area (TPSA) is 32.3 Å².